The van der Waals surface area contributed by atoms with E-state index >= 15 is 0 Å². The maximum Gasteiger partial charge on any atom is 0.167 e. The highest BCUT2D eigenvalue weighted by Gasteiger charge is 2.20. The van der Waals surface area contributed by atoms with Gasteiger partial charge in [0.15, 0.2) is 11.6 Å². The van der Waals surface area contributed by atoms with Crippen molar-refractivity contribution in [2.45, 2.75) is 25.9 Å². The van der Waals surface area contributed by atoms with Gasteiger partial charge in [0.25, 0.3) is 0 Å². The lowest BCUT2D eigenvalue weighted by Crippen LogP contribution is -2.36. The van der Waals surface area contributed by atoms with Gasteiger partial charge < -0.3 is 20.5 Å². The Hall–Kier alpha value is -1.49. The van der Waals surface area contributed by atoms with E-state index in [-0.39, 0.29) is 11.9 Å². The van der Waals surface area contributed by atoms with Crippen LogP contribution in [0.1, 0.15) is 19.8 Å². The standard InChI is InChI=1S/C13H19FN2O2/c1-2-18-13-8-12(11(15)7-10(13)14)16-5-3-9(17)4-6-16/h7-9,17H,2-6,15H2,1H3. The van der Waals surface area contributed by atoms with Crippen molar-refractivity contribution in [2.24, 2.45) is 0 Å². The lowest BCUT2D eigenvalue weighted by atomic mass is 10.1. The molecule has 0 atom stereocenters. The number of nitrogens with two attached hydrogens (primary N) is 1. The predicted octanol–water partition coefficient (Wildman–Crippen LogP) is 1.77. The van der Waals surface area contributed by atoms with Crippen LogP contribution in [0.15, 0.2) is 12.1 Å². The topological polar surface area (TPSA) is 58.7 Å². The Morgan fingerprint density at radius 3 is 2.72 bits per heavy atom. The van der Waals surface area contributed by atoms with Crippen LogP contribution in [0.5, 0.6) is 5.75 Å². The number of anilines is 2. The number of halogens is 1. The quantitative estimate of drug-likeness (QED) is 0.807. The fourth-order valence-corrected chi connectivity index (χ4v) is 2.20. The highest BCUT2D eigenvalue weighted by Crippen LogP contribution is 2.32. The van der Waals surface area contributed by atoms with E-state index in [9.17, 15) is 9.50 Å². The number of aliphatic hydroxyl groups is 1. The molecule has 0 aliphatic carbocycles. The summed E-state index contributed by atoms with van der Waals surface area (Å²) < 4.78 is 18.8. The van der Waals surface area contributed by atoms with Crippen molar-refractivity contribution in [3.05, 3.63) is 17.9 Å². The van der Waals surface area contributed by atoms with Gasteiger partial charge in [-0.3, -0.25) is 0 Å². The molecule has 0 radical (unpaired) electrons. The van der Waals surface area contributed by atoms with Gasteiger partial charge in [-0.25, -0.2) is 4.39 Å². The first-order chi connectivity index (χ1) is 8.61. The van der Waals surface area contributed by atoms with Gasteiger partial charge in [-0.1, -0.05) is 0 Å². The minimum Gasteiger partial charge on any atom is -0.491 e. The maximum atomic E-state index is 13.6. The lowest BCUT2D eigenvalue weighted by molar-refractivity contribution is 0.145. The molecule has 100 valence electrons. The molecule has 5 heteroatoms. The van der Waals surface area contributed by atoms with Gasteiger partial charge >= 0.3 is 0 Å². The van der Waals surface area contributed by atoms with Gasteiger partial charge in [-0.15, -0.1) is 0 Å². The van der Waals surface area contributed by atoms with Crippen LogP contribution in [0.2, 0.25) is 0 Å². The van der Waals surface area contributed by atoms with Crippen LogP contribution < -0.4 is 15.4 Å². The molecule has 1 aliphatic heterocycles. The summed E-state index contributed by atoms with van der Waals surface area (Å²) in [6.45, 7) is 3.68. The van der Waals surface area contributed by atoms with E-state index in [0.717, 1.165) is 18.8 Å². The number of piperidine rings is 1. The van der Waals surface area contributed by atoms with E-state index in [2.05, 4.69) is 4.90 Å². The zero-order valence-corrected chi connectivity index (χ0v) is 10.5. The molecular formula is C13H19FN2O2. The van der Waals surface area contributed by atoms with Crippen molar-refractivity contribution in [2.75, 3.05) is 30.3 Å². The summed E-state index contributed by atoms with van der Waals surface area (Å²) in [6, 6.07) is 2.94. The normalized spacial score (nSPS) is 16.9. The third-order valence-corrected chi connectivity index (χ3v) is 3.19. The second-order valence-corrected chi connectivity index (χ2v) is 4.49. The van der Waals surface area contributed by atoms with Crippen LogP contribution in [0.4, 0.5) is 15.8 Å². The number of aliphatic hydroxyl groups excluding tert-OH is 1. The number of hydrogen-bond acceptors (Lipinski definition) is 4. The van der Waals surface area contributed by atoms with Crippen LogP contribution in [-0.4, -0.2) is 30.9 Å². The molecule has 1 aromatic carbocycles. The molecule has 3 N–H and O–H groups in total. The molecular weight excluding hydrogens is 235 g/mol. The first-order valence-corrected chi connectivity index (χ1v) is 6.26. The molecule has 4 nitrogen and oxygen atoms in total. The Bertz CT molecular complexity index is 418. The predicted molar refractivity (Wildman–Crippen MR) is 69.4 cm³/mol. The molecule has 1 heterocycles. The number of benzene rings is 1. The van der Waals surface area contributed by atoms with Gasteiger partial charge in [0, 0.05) is 25.2 Å². The first kappa shape index (κ1) is 13.0. The molecule has 2 rings (SSSR count). The molecule has 0 saturated carbocycles. The lowest BCUT2D eigenvalue weighted by Gasteiger charge is -2.32. The van der Waals surface area contributed by atoms with Crippen molar-refractivity contribution >= 4 is 11.4 Å². The molecule has 0 amide bonds. The van der Waals surface area contributed by atoms with Gasteiger partial charge in [0.1, 0.15) is 0 Å². The highest BCUT2D eigenvalue weighted by atomic mass is 19.1. The number of ether oxygens (including phenoxy) is 1. The van der Waals surface area contributed by atoms with Crippen LogP contribution in [-0.2, 0) is 0 Å². The SMILES string of the molecule is CCOc1cc(N2CCC(O)CC2)c(N)cc1F. The minimum atomic E-state index is -0.435. The number of hydrogen-bond donors (Lipinski definition) is 2. The summed E-state index contributed by atoms with van der Waals surface area (Å²) in [6.07, 6.45) is 1.18. The van der Waals surface area contributed by atoms with Gasteiger partial charge in [-0.05, 0) is 19.8 Å². The van der Waals surface area contributed by atoms with E-state index in [1.165, 1.54) is 6.07 Å². The zero-order chi connectivity index (χ0) is 13.1. The second kappa shape index (κ2) is 5.44. The number of rotatable bonds is 3. The van der Waals surface area contributed by atoms with Crippen LogP contribution in [0.3, 0.4) is 0 Å². The van der Waals surface area contributed by atoms with Crippen molar-refractivity contribution < 1.29 is 14.2 Å². The van der Waals surface area contributed by atoms with E-state index in [1.807, 2.05) is 6.92 Å². The Morgan fingerprint density at radius 1 is 1.44 bits per heavy atom. The van der Waals surface area contributed by atoms with E-state index < -0.39 is 5.82 Å². The highest BCUT2D eigenvalue weighted by molar-refractivity contribution is 5.70. The number of nitrogen functional groups attached to an aromatic ring is 1. The molecule has 1 aliphatic rings. The zero-order valence-electron chi connectivity index (χ0n) is 10.5. The average molecular weight is 254 g/mol. The molecule has 0 bridgehead atoms. The van der Waals surface area contributed by atoms with Crippen molar-refractivity contribution in [1.29, 1.82) is 0 Å². The summed E-state index contributed by atoms with van der Waals surface area (Å²) in [4.78, 5) is 2.06. The third kappa shape index (κ3) is 2.67. The van der Waals surface area contributed by atoms with Crippen LogP contribution in [0.25, 0.3) is 0 Å². The van der Waals surface area contributed by atoms with E-state index in [4.69, 9.17) is 10.5 Å². The van der Waals surface area contributed by atoms with Crippen molar-refractivity contribution in [3.8, 4) is 5.75 Å². The monoisotopic (exact) mass is 254 g/mol. The van der Waals surface area contributed by atoms with E-state index in [0.29, 0.717) is 25.1 Å². The van der Waals surface area contributed by atoms with Gasteiger partial charge in [-0.2, -0.15) is 0 Å². The minimum absolute atomic E-state index is 0.229. The summed E-state index contributed by atoms with van der Waals surface area (Å²) in [5.41, 5.74) is 7.05. The third-order valence-electron chi connectivity index (χ3n) is 3.19. The average Bonchev–Trinajstić information content (AvgIpc) is 2.34. The van der Waals surface area contributed by atoms with Crippen molar-refractivity contribution in [1.82, 2.24) is 0 Å². The molecule has 18 heavy (non-hydrogen) atoms. The smallest absolute Gasteiger partial charge is 0.167 e. The molecule has 1 saturated heterocycles. The molecule has 0 unspecified atom stereocenters. The molecule has 1 fully saturated rings. The van der Waals surface area contributed by atoms with Crippen LogP contribution in [0, 0.1) is 5.82 Å². The summed E-state index contributed by atoms with van der Waals surface area (Å²) >= 11 is 0. The molecule has 1 aromatic rings. The molecule has 0 aromatic heterocycles. The Labute approximate surface area is 106 Å². The largest absolute Gasteiger partial charge is 0.491 e. The summed E-state index contributed by atoms with van der Waals surface area (Å²) in [5, 5.41) is 9.48. The van der Waals surface area contributed by atoms with Gasteiger partial charge in [0.2, 0.25) is 0 Å². The summed E-state index contributed by atoms with van der Waals surface area (Å²) in [7, 11) is 0. The van der Waals surface area contributed by atoms with Crippen LogP contribution >= 0.6 is 0 Å². The fraction of sp³-hybridized carbons (Fsp3) is 0.538. The van der Waals surface area contributed by atoms with Gasteiger partial charge in [0.05, 0.1) is 24.1 Å². The second-order valence-electron chi connectivity index (χ2n) is 4.49. The van der Waals surface area contributed by atoms with E-state index in [1.54, 1.807) is 6.07 Å². The Balaban J connectivity index is 2.23. The summed E-state index contributed by atoms with van der Waals surface area (Å²) in [5.74, 6) is -0.206. The Morgan fingerprint density at radius 2 is 2.11 bits per heavy atom. The maximum absolute atomic E-state index is 13.6. The first-order valence-electron chi connectivity index (χ1n) is 6.26. The Kier molecular flexibility index (Phi) is 3.91. The van der Waals surface area contributed by atoms with Crippen molar-refractivity contribution in [3.63, 3.8) is 0 Å². The molecule has 0 spiro atoms. The number of nitrogens with zero attached hydrogens (tertiary/aromatic N) is 1. The fourth-order valence-electron chi connectivity index (χ4n) is 2.20.